The maximum atomic E-state index is 4.62. The van der Waals surface area contributed by atoms with Crippen molar-refractivity contribution in [1.29, 1.82) is 0 Å². The highest BCUT2D eigenvalue weighted by molar-refractivity contribution is 8.00. The third-order valence-corrected chi connectivity index (χ3v) is 5.69. The van der Waals surface area contributed by atoms with Gasteiger partial charge in [0.05, 0.1) is 11.4 Å². The number of aromatic nitrogens is 3. The Balaban J connectivity index is 2.02. The van der Waals surface area contributed by atoms with Crippen molar-refractivity contribution in [3.63, 3.8) is 0 Å². The summed E-state index contributed by atoms with van der Waals surface area (Å²) >= 11 is 1.99. The fraction of sp³-hybridized carbons (Fsp3) is 0.800. The summed E-state index contributed by atoms with van der Waals surface area (Å²) < 4.78 is 0.359. The predicted octanol–water partition coefficient (Wildman–Crippen LogP) is 3.47. The second kappa shape index (κ2) is 7.25. The molecule has 4 nitrogen and oxygen atoms in total. The van der Waals surface area contributed by atoms with Crippen LogP contribution in [-0.4, -0.2) is 32.7 Å². The lowest BCUT2D eigenvalue weighted by Crippen LogP contribution is -2.36. The molecule has 1 aliphatic carbocycles. The molecule has 0 bridgehead atoms. The van der Waals surface area contributed by atoms with Crippen molar-refractivity contribution in [2.24, 2.45) is 0 Å². The number of rotatable bonds is 6. The number of hydrogen-bond donors (Lipinski definition) is 1. The molecule has 20 heavy (non-hydrogen) atoms. The third kappa shape index (κ3) is 3.62. The molecule has 0 aromatic carbocycles. The fourth-order valence-electron chi connectivity index (χ4n) is 2.90. The molecule has 0 aliphatic heterocycles. The molecule has 0 unspecified atom stereocenters. The van der Waals surface area contributed by atoms with Crippen molar-refractivity contribution in [3.05, 3.63) is 11.4 Å². The van der Waals surface area contributed by atoms with Crippen molar-refractivity contribution in [2.45, 2.75) is 63.5 Å². The maximum absolute atomic E-state index is 4.62. The van der Waals surface area contributed by atoms with E-state index < -0.39 is 0 Å². The van der Waals surface area contributed by atoms with E-state index in [4.69, 9.17) is 0 Å². The minimum Gasteiger partial charge on any atom is -0.352 e. The highest BCUT2D eigenvalue weighted by atomic mass is 32.2. The molecular formula is C15H26N4S. The SMILES string of the molecule is CCc1nnc(NCC2(SC)CCCCC2)nc1CC. The zero-order valence-electron chi connectivity index (χ0n) is 12.9. The van der Waals surface area contributed by atoms with Crippen LogP contribution in [0.25, 0.3) is 0 Å². The summed E-state index contributed by atoms with van der Waals surface area (Å²) in [7, 11) is 0. The topological polar surface area (TPSA) is 50.7 Å². The Hall–Kier alpha value is -0.840. The number of aryl methyl sites for hydroxylation is 2. The number of hydrogen-bond acceptors (Lipinski definition) is 5. The summed E-state index contributed by atoms with van der Waals surface area (Å²) in [6.07, 6.45) is 10.7. The first kappa shape index (κ1) is 15.5. The van der Waals surface area contributed by atoms with Gasteiger partial charge in [0.1, 0.15) is 0 Å². The first-order chi connectivity index (χ1) is 9.73. The van der Waals surface area contributed by atoms with Gasteiger partial charge in [-0.3, -0.25) is 0 Å². The quantitative estimate of drug-likeness (QED) is 0.870. The van der Waals surface area contributed by atoms with Gasteiger partial charge in [-0.1, -0.05) is 33.1 Å². The number of nitrogens with zero attached hydrogens (tertiary/aromatic N) is 3. The second-order valence-corrected chi connectivity index (χ2v) is 6.81. The molecule has 5 heteroatoms. The van der Waals surface area contributed by atoms with Gasteiger partial charge in [-0.2, -0.15) is 16.9 Å². The van der Waals surface area contributed by atoms with Gasteiger partial charge in [0.2, 0.25) is 5.95 Å². The lowest BCUT2D eigenvalue weighted by Gasteiger charge is -2.35. The summed E-state index contributed by atoms with van der Waals surface area (Å²) in [6, 6.07) is 0. The molecule has 1 N–H and O–H groups in total. The average Bonchev–Trinajstić information content (AvgIpc) is 2.53. The van der Waals surface area contributed by atoms with Gasteiger partial charge >= 0.3 is 0 Å². The van der Waals surface area contributed by atoms with E-state index in [1.54, 1.807) is 0 Å². The van der Waals surface area contributed by atoms with E-state index in [9.17, 15) is 0 Å². The summed E-state index contributed by atoms with van der Waals surface area (Å²) in [5.41, 5.74) is 2.10. The summed E-state index contributed by atoms with van der Waals surface area (Å²) in [5.74, 6) is 0.693. The molecule has 1 aliphatic rings. The molecule has 1 aromatic rings. The van der Waals surface area contributed by atoms with Gasteiger partial charge < -0.3 is 5.32 Å². The first-order valence-corrected chi connectivity index (χ1v) is 8.97. The predicted molar refractivity (Wildman–Crippen MR) is 86.4 cm³/mol. The zero-order chi connectivity index (χ0) is 14.4. The monoisotopic (exact) mass is 294 g/mol. The van der Waals surface area contributed by atoms with Gasteiger partial charge in [-0.15, -0.1) is 5.10 Å². The lowest BCUT2D eigenvalue weighted by molar-refractivity contribution is 0.410. The Morgan fingerprint density at radius 3 is 2.35 bits per heavy atom. The van der Waals surface area contributed by atoms with Crippen LogP contribution in [0.1, 0.15) is 57.3 Å². The minimum atomic E-state index is 0.359. The Bertz CT molecular complexity index is 430. The summed E-state index contributed by atoms with van der Waals surface area (Å²) in [6.45, 7) is 5.17. The molecule has 1 heterocycles. The van der Waals surface area contributed by atoms with Crippen LogP contribution < -0.4 is 5.32 Å². The lowest BCUT2D eigenvalue weighted by atomic mass is 9.88. The highest BCUT2D eigenvalue weighted by Crippen LogP contribution is 2.38. The molecule has 0 atom stereocenters. The Labute approximate surface area is 126 Å². The van der Waals surface area contributed by atoms with Crippen molar-refractivity contribution < 1.29 is 0 Å². The van der Waals surface area contributed by atoms with Crippen LogP contribution >= 0.6 is 11.8 Å². The molecule has 1 saturated carbocycles. The van der Waals surface area contributed by atoms with E-state index in [-0.39, 0.29) is 0 Å². The zero-order valence-corrected chi connectivity index (χ0v) is 13.7. The smallest absolute Gasteiger partial charge is 0.243 e. The number of anilines is 1. The third-order valence-electron chi connectivity index (χ3n) is 4.28. The van der Waals surface area contributed by atoms with Crippen molar-refractivity contribution in [1.82, 2.24) is 15.2 Å². The average molecular weight is 294 g/mol. The molecule has 0 radical (unpaired) electrons. The Morgan fingerprint density at radius 2 is 1.75 bits per heavy atom. The van der Waals surface area contributed by atoms with Crippen LogP contribution in [0.3, 0.4) is 0 Å². The largest absolute Gasteiger partial charge is 0.352 e. The standard InChI is InChI=1S/C15H26N4S/c1-4-12-13(5-2)18-19-14(17-12)16-11-15(20-3)9-7-6-8-10-15/h4-11H2,1-3H3,(H,16,17,19). The van der Waals surface area contributed by atoms with E-state index in [2.05, 4.69) is 40.6 Å². The maximum Gasteiger partial charge on any atom is 0.243 e. The molecule has 0 spiro atoms. The number of nitrogens with one attached hydrogen (secondary N) is 1. The highest BCUT2D eigenvalue weighted by Gasteiger charge is 2.31. The van der Waals surface area contributed by atoms with Crippen molar-refractivity contribution in [3.8, 4) is 0 Å². The van der Waals surface area contributed by atoms with Crippen LogP contribution in [0.5, 0.6) is 0 Å². The number of thioether (sulfide) groups is 1. The van der Waals surface area contributed by atoms with E-state index in [1.807, 2.05) is 11.8 Å². The van der Waals surface area contributed by atoms with Crippen molar-refractivity contribution in [2.75, 3.05) is 18.1 Å². The Kier molecular flexibility index (Phi) is 5.64. The van der Waals surface area contributed by atoms with Crippen LogP contribution in [-0.2, 0) is 12.8 Å². The van der Waals surface area contributed by atoms with E-state index in [0.29, 0.717) is 10.7 Å². The van der Waals surface area contributed by atoms with Gasteiger partial charge in [0.25, 0.3) is 0 Å². The van der Waals surface area contributed by atoms with Crippen LogP contribution in [0.4, 0.5) is 5.95 Å². The second-order valence-electron chi connectivity index (χ2n) is 5.54. The van der Waals surface area contributed by atoms with Crippen LogP contribution in [0, 0.1) is 0 Å². The first-order valence-electron chi connectivity index (χ1n) is 7.74. The van der Waals surface area contributed by atoms with Crippen LogP contribution in [0.15, 0.2) is 0 Å². The minimum absolute atomic E-state index is 0.359. The molecular weight excluding hydrogens is 268 g/mol. The van der Waals surface area contributed by atoms with E-state index in [1.165, 1.54) is 32.1 Å². The van der Waals surface area contributed by atoms with Gasteiger partial charge in [-0.05, 0) is 31.9 Å². The van der Waals surface area contributed by atoms with Crippen molar-refractivity contribution >= 4 is 17.7 Å². The molecule has 1 aromatic heterocycles. The van der Waals surface area contributed by atoms with E-state index in [0.717, 1.165) is 30.8 Å². The van der Waals surface area contributed by atoms with Gasteiger partial charge in [0.15, 0.2) is 0 Å². The Morgan fingerprint density at radius 1 is 1.05 bits per heavy atom. The molecule has 1 fully saturated rings. The van der Waals surface area contributed by atoms with E-state index >= 15 is 0 Å². The molecule has 2 rings (SSSR count). The van der Waals surface area contributed by atoms with Crippen LogP contribution in [0.2, 0.25) is 0 Å². The molecule has 112 valence electrons. The normalized spacial score (nSPS) is 17.9. The van der Waals surface area contributed by atoms with Gasteiger partial charge in [0, 0.05) is 11.3 Å². The fourth-order valence-corrected chi connectivity index (χ4v) is 3.82. The van der Waals surface area contributed by atoms with Gasteiger partial charge in [-0.25, -0.2) is 4.98 Å². The summed E-state index contributed by atoms with van der Waals surface area (Å²) in [5, 5.41) is 12.0. The molecule has 0 saturated heterocycles. The summed E-state index contributed by atoms with van der Waals surface area (Å²) in [4.78, 5) is 4.62. The molecule has 0 amide bonds.